The van der Waals surface area contributed by atoms with Crippen LogP contribution in [0.15, 0.2) is 29.1 Å². The van der Waals surface area contributed by atoms with Gasteiger partial charge in [-0.1, -0.05) is 25.4 Å². The van der Waals surface area contributed by atoms with Crippen LogP contribution in [0.3, 0.4) is 0 Å². The molecule has 5 nitrogen and oxygen atoms in total. The number of aromatic nitrogens is 3. The molecule has 1 aromatic carbocycles. The Morgan fingerprint density at radius 1 is 1.25 bits per heavy atom. The highest BCUT2D eigenvalue weighted by molar-refractivity contribution is 6.33. The summed E-state index contributed by atoms with van der Waals surface area (Å²) in [6.07, 6.45) is 1.79. The average molecular weight is 408 g/mol. The van der Waals surface area contributed by atoms with Crippen molar-refractivity contribution in [2.45, 2.75) is 52.2 Å². The Bertz CT molecular complexity index is 1120. The van der Waals surface area contributed by atoms with Gasteiger partial charge in [-0.2, -0.15) is 8.78 Å². The number of nitrogens with zero attached hydrogens (tertiary/aromatic N) is 3. The third kappa shape index (κ3) is 3.17. The number of aryl methyl sites for hydroxylation is 1. The van der Waals surface area contributed by atoms with Crippen molar-refractivity contribution in [3.05, 3.63) is 50.9 Å². The second-order valence-electron chi connectivity index (χ2n) is 7.41. The molecule has 0 amide bonds. The van der Waals surface area contributed by atoms with Gasteiger partial charge in [-0.15, -0.1) is 5.10 Å². The van der Waals surface area contributed by atoms with Crippen molar-refractivity contribution < 1.29 is 13.5 Å². The summed E-state index contributed by atoms with van der Waals surface area (Å²) < 4.78 is 32.7. The summed E-state index contributed by atoms with van der Waals surface area (Å²) in [5.41, 5.74) is 2.80. The van der Waals surface area contributed by atoms with E-state index in [9.17, 15) is 13.6 Å². The molecule has 0 spiro atoms. The molecule has 4 rings (SSSR count). The Kier molecular flexibility index (Phi) is 4.65. The fourth-order valence-corrected chi connectivity index (χ4v) is 3.75. The largest absolute Gasteiger partial charge is 0.435 e. The van der Waals surface area contributed by atoms with Crippen molar-refractivity contribution in [1.82, 2.24) is 14.2 Å². The Morgan fingerprint density at radius 3 is 2.54 bits per heavy atom. The molecule has 0 unspecified atom stereocenters. The summed E-state index contributed by atoms with van der Waals surface area (Å²) in [5, 5.41) is 4.93. The highest BCUT2D eigenvalue weighted by Crippen LogP contribution is 2.39. The van der Waals surface area contributed by atoms with Crippen LogP contribution in [0.1, 0.15) is 49.9 Å². The molecule has 148 valence electrons. The number of halogens is 3. The smallest absolute Gasteiger partial charge is 0.387 e. The molecule has 0 bridgehead atoms. The van der Waals surface area contributed by atoms with Crippen LogP contribution < -0.4 is 10.3 Å². The highest BCUT2D eigenvalue weighted by Gasteiger charge is 2.31. The third-order valence-electron chi connectivity index (χ3n) is 4.97. The topological polar surface area (TPSA) is 48.5 Å². The first-order valence-electron chi connectivity index (χ1n) is 9.17. The van der Waals surface area contributed by atoms with E-state index >= 15 is 0 Å². The van der Waals surface area contributed by atoms with E-state index in [2.05, 4.69) is 4.74 Å². The van der Waals surface area contributed by atoms with Crippen molar-refractivity contribution >= 4 is 17.1 Å². The maximum atomic E-state index is 13.4. The highest BCUT2D eigenvalue weighted by atomic mass is 35.5. The summed E-state index contributed by atoms with van der Waals surface area (Å²) in [6, 6.07) is 6.34. The fraction of sp³-hybridized carbons (Fsp3) is 0.400. The van der Waals surface area contributed by atoms with E-state index in [0.717, 1.165) is 24.1 Å². The molecule has 8 heteroatoms. The van der Waals surface area contributed by atoms with Gasteiger partial charge in [-0.25, -0.2) is 4.52 Å². The van der Waals surface area contributed by atoms with Gasteiger partial charge in [0.25, 0.3) is 5.56 Å². The van der Waals surface area contributed by atoms with E-state index in [0.29, 0.717) is 16.9 Å². The molecule has 0 aliphatic heterocycles. The molecule has 0 radical (unpaired) electrons. The minimum absolute atomic E-state index is 0.0376. The number of hydrogen-bond acceptors (Lipinski definition) is 3. The van der Waals surface area contributed by atoms with Gasteiger partial charge in [-0.3, -0.25) is 9.36 Å². The molecule has 2 aromatic heterocycles. The van der Waals surface area contributed by atoms with E-state index < -0.39 is 6.61 Å². The summed E-state index contributed by atoms with van der Waals surface area (Å²) in [6.45, 7) is 3.06. The maximum Gasteiger partial charge on any atom is 0.387 e. The number of fused-ring (bicyclic) bond motifs is 1. The second-order valence-corrected chi connectivity index (χ2v) is 7.81. The van der Waals surface area contributed by atoms with E-state index in [1.54, 1.807) is 15.1 Å². The lowest BCUT2D eigenvalue weighted by molar-refractivity contribution is -0.0498. The monoisotopic (exact) mass is 407 g/mol. The van der Waals surface area contributed by atoms with Crippen molar-refractivity contribution in [3.63, 3.8) is 0 Å². The molecule has 1 saturated carbocycles. The molecule has 2 heterocycles. The number of alkyl halides is 2. The van der Waals surface area contributed by atoms with Gasteiger partial charge in [-0.05, 0) is 55.5 Å². The molecule has 0 atom stereocenters. The van der Waals surface area contributed by atoms with Gasteiger partial charge >= 0.3 is 6.61 Å². The normalized spacial score (nSPS) is 14.4. The SMILES string of the molecule is Cc1cc(C(C)C)c2c(=O)n(C3CC3)c(-c3ccc(OC(F)F)cc3Cl)nn12. The summed E-state index contributed by atoms with van der Waals surface area (Å²) in [5.74, 6) is 0.582. The number of benzene rings is 1. The molecule has 0 N–H and O–H groups in total. The van der Waals surface area contributed by atoms with E-state index in [4.69, 9.17) is 16.7 Å². The zero-order chi connectivity index (χ0) is 20.2. The molecule has 1 aliphatic carbocycles. The first-order valence-corrected chi connectivity index (χ1v) is 9.55. The Hall–Kier alpha value is -2.41. The van der Waals surface area contributed by atoms with Crippen LogP contribution in [0.25, 0.3) is 16.9 Å². The summed E-state index contributed by atoms with van der Waals surface area (Å²) >= 11 is 6.35. The number of ether oxygens (including phenoxy) is 1. The number of hydrogen-bond donors (Lipinski definition) is 0. The third-order valence-corrected chi connectivity index (χ3v) is 5.28. The van der Waals surface area contributed by atoms with Gasteiger partial charge in [0.2, 0.25) is 0 Å². The fourth-order valence-electron chi connectivity index (χ4n) is 3.50. The van der Waals surface area contributed by atoms with Crippen LogP contribution >= 0.6 is 11.6 Å². The second kappa shape index (κ2) is 6.88. The summed E-state index contributed by atoms with van der Waals surface area (Å²) in [7, 11) is 0. The van der Waals surface area contributed by atoms with E-state index in [1.807, 2.05) is 26.8 Å². The average Bonchev–Trinajstić information content (AvgIpc) is 3.38. The van der Waals surface area contributed by atoms with Crippen LogP contribution in [-0.4, -0.2) is 20.8 Å². The predicted octanol–water partition coefficient (Wildman–Crippen LogP) is 5.18. The lowest BCUT2D eigenvalue weighted by atomic mass is 10.1. The van der Waals surface area contributed by atoms with Crippen LogP contribution in [0.5, 0.6) is 5.75 Å². The van der Waals surface area contributed by atoms with Crippen LogP contribution in [0.2, 0.25) is 5.02 Å². The standard InChI is InChI=1S/C20H20ClF2N3O2/c1-10(2)15-8-11(3)26-17(15)19(27)25(12-4-5-12)18(24-26)14-7-6-13(9-16(14)21)28-20(22)23/h6-10,12,20H,4-5H2,1-3H3. The molecular weight excluding hydrogens is 388 g/mol. The van der Waals surface area contributed by atoms with Crippen molar-refractivity contribution in [3.8, 4) is 17.1 Å². The zero-order valence-electron chi connectivity index (χ0n) is 15.7. The lowest BCUT2D eigenvalue weighted by Crippen LogP contribution is -2.26. The van der Waals surface area contributed by atoms with Gasteiger partial charge < -0.3 is 4.74 Å². The van der Waals surface area contributed by atoms with E-state index in [1.165, 1.54) is 12.1 Å². The van der Waals surface area contributed by atoms with Crippen molar-refractivity contribution in [2.75, 3.05) is 0 Å². The molecular formula is C20H20ClF2N3O2. The first-order chi connectivity index (χ1) is 13.3. The Morgan fingerprint density at radius 2 is 1.96 bits per heavy atom. The molecule has 3 aromatic rings. The maximum absolute atomic E-state index is 13.4. The Balaban J connectivity index is 1.96. The minimum atomic E-state index is -2.93. The molecule has 0 saturated heterocycles. The van der Waals surface area contributed by atoms with E-state index in [-0.39, 0.29) is 28.3 Å². The van der Waals surface area contributed by atoms with Crippen molar-refractivity contribution in [2.24, 2.45) is 0 Å². The van der Waals surface area contributed by atoms with Crippen LogP contribution in [0, 0.1) is 6.92 Å². The van der Waals surface area contributed by atoms with Crippen LogP contribution in [-0.2, 0) is 0 Å². The molecule has 1 fully saturated rings. The van der Waals surface area contributed by atoms with Crippen LogP contribution in [0.4, 0.5) is 8.78 Å². The number of rotatable bonds is 5. The quantitative estimate of drug-likeness (QED) is 0.585. The zero-order valence-corrected chi connectivity index (χ0v) is 16.5. The summed E-state index contributed by atoms with van der Waals surface area (Å²) in [4.78, 5) is 13.4. The first kappa shape index (κ1) is 18.9. The lowest BCUT2D eigenvalue weighted by Gasteiger charge is -2.15. The van der Waals surface area contributed by atoms with Gasteiger partial charge in [0, 0.05) is 17.3 Å². The molecule has 1 aliphatic rings. The Labute approximate surface area is 165 Å². The van der Waals surface area contributed by atoms with Gasteiger partial charge in [0.05, 0.1) is 5.02 Å². The minimum Gasteiger partial charge on any atom is -0.435 e. The van der Waals surface area contributed by atoms with Gasteiger partial charge in [0.15, 0.2) is 5.82 Å². The molecule has 28 heavy (non-hydrogen) atoms. The predicted molar refractivity (Wildman–Crippen MR) is 104 cm³/mol. The van der Waals surface area contributed by atoms with Gasteiger partial charge in [0.1, 0.15) is 11.3 Å². The van der Waals surface area contributed by atoms with Crippen molar-refractivity contribution in [1.29, 1.82) is 0 Å².